The number of aromatic nitrogens is 2. The average molecular weight is 368 g/mol. The highest BCUT2D eigenvalue weighted by molar-refractivity contribution is 6.24. The van der Waals surface area contributed by atoms with Crippen molar-refractivity contribution in [1.82, 2.24) is 9.38 Å². The van der Waals surface area contributed by atoms with Gasteiger partial charge < -0.3 is 0 Å². The molecule has 7 rings (SSSR count). The van der Waals surface area contributed by atoms with E-state index in [0.717, 1.165) is 5.65 Å². The molecular weight excluding hydrogens is 352 g/mol. The number of pyridine rings is 2. The summed E-state index contributed by atoms with van der Waals surface area (Å²) < 4.78 is 2.26. The van der Waals surface area contributed by atoms with Gasteiger partial charge in [0.15, 0.2) is 0 Å². The van der Waals surface area contributed by atoms with E-state index in [4.69, 9.17) is 4.98 Å². The number of rotatable bonds is 0. The Balaban J connectivity index is 1.84. The Morgan fingerprint density at radius 1 is 0.517 bits per heavy atom. The number of fused-ring (bicyclic) bond motifs is 11. The summed E-state index contributed by atoms with van der Waals surface area (Å²) in [4.78, 5) is 4.75. The fourth-order valence-corrected chi connectivity index (χ4v) is 4.87. The second-order valence-electron chi connectivity index (χ2n) is 7.72. The fraction of sp³-hybridized carbons (Fsp3) is 0. The molecule has 0 atom stereocenters. The van der Waals surface area contributed by atoms with Crippen LogP contribution in [0.5, 0.6) is 0 Å². The number of nitrogens with zero attached hydrogens (tertiary/aromatic N) is 2. The van der Waals surface area contributed by atoms with Crippen LogP contribution in [0.2, 0.25) is 0 Å². The van der Waals surface area contributed by atoms with Gasteiger partial charge in [-0.1, -0.05) is 60.7 Å². The second kappa shape index (κ2) is 5.33. The van der Waals surface area contributed by atoms with Crippen LogP contribution in [0.4, 0.5) is 0 Å². The predicted molar refractivity (Wildman–Crippen MR) is 123 cm³/mol. The molecule has 0 saturated carbocycles. The minimum atomic E-state index is 1.01. The summed E-state index contributed by atoms with van der Waals surface area (Å²) in [5.74, 6) is 0. The van der Waals surface area contributed by atoms with E-state index in [2.05, 4.69) is 89.5 Å². The molecule has 0 spiro atoms. The molecule has 0 saturated heterocycles. The molecule has 3 aromatic heterocycles. The topological polar surface area (TPSA) is 17.3 Å². The van der Waals surface area contributed by atoms with Crippen molar-refractivity contribution in [2.24, 2.45) is 0 Å². The van der Waals surface area contributed by atoms with Crippen LogP contribution in [-0.4, -0.2) is 9.38 Å². The number of hydrogen-bond donors (Lipinski definition) is 0. The lowest BCUT2D eigenvalue weighted by atomic mass is 9.96. The second-order valence-corrected chi connectivity index (χ2v) is 7.72. The summed E-state index contributed by atoms with van der Waals surface area (Å²) >= 11 is 0. The standard InChI is InChI=1S/C27H16N2/c1-3-8-20-17(6-1)11-12-18-14-24-22-10-5-13-28-27(22)29-16-19-7-2-4-9-21(19)26(29)25(24)15-23(18)20/h1-16H. The zero-order chi connectivity index (χ0) is 18.9. The molecule has 2 nitrogen and oxygen atoms in total. The monoisotopic (exact) mass is 368 g/mol. The highest BCUT2D eigenvalue weighted by Gasteiger charge is 2.14. The molecule has 0 aliphatic heterocycles. The summed E-state index contributed by atoms with van der Waals surface area (Å²) in [6.45, 7) is 0. The van der Waals surface area contributed by atoms with Gasteiger partial charge >= 0.3 is 0 Å². The van der Waals surface area contributed by atoms with Gasteiger partial charge in [-0.15, -0.1) is 0 Å². The van der Waals surface area contributed by atoms with E-state index in [9.17, 15) is 0 Å². The molecule has 0 aliphatic carbocycles. The van der Waals surface area contributed by atoms with Gasteiger partial charge in [-0.25, -0.2) is 4.98 Å². The van der Waals surface area contributed by atoms with Gasteiger partial charge in [0, 0.05) is 33.9 Å². The Bertz CT molecular complexity index is 1760. The number of benzene rings is 4. The van der Waals surface area contributed by atoms with E-state index in [1.807, 2.05) is 12.3 Å². The summed E-state index contributed by atoms with van der Waals surface area (Å²) in [7, 11) is 0. The van der Waals surface area contributed by atoms with Crippen molar-refractivity contribution in [1.29, 1.82) is 0 Å². The first kappa shape index (κ1) is 15.1. The molecule has 0 N–H and O–H groups in total. The Morgan fingerprint density at radius 2 is 1.28 bits per heavy atom. The van der Waals surface area contributed by atoms with Crippen LogP contribution in [0.1, 0.15) is 0 Å². The van der Waals surface area contributed by atoms with Gasteiger partial charge in [-0.05, 0) is 51.2 Å². The Morgan fingerprint density at radius 3 is 2.21 bits per heavy atom. The van der Waals surface area contributed by atoms with E-state index in [0.29, 0.717) is 0 Å². The summed E-state index contributed by atoms with van der Waals surface area (Å²) in [6.07, 6.45) is 4.10. The fourth-order valence-electron chi connectivity index (χ4n) is 4.87. The zero-order valence-electron chi connectivity index (χ0n) is 15.6. The third kappa shape index (κ3) is 1.93. The largest absolute Gasteiger partial charge is 0.299 e. The average Bonchev–Trinajstić information content (AvgIpc) is 3.18. The van der Waals surface area contributed by atoms with Gasteiger partial charge in [0.2, 0.25) is 0 Å². The molecule has 4 aromatic carbocycles. The van der Waals surface area contributed by atoms with Gasteiger partial charge in [-0.2, -0.15) is 0 Å². The third-order valence-corrected chi connectivity index (χ3v) is 6.17. The van der Waals surface area contributed by atoms with Crippen molar-refractivity contribution < 1.29 is 0 Å². The molecule has 0 aliphatic rings. The minimum absolute atomic E-state index is 1.01. The van der Waals surface area contributed by atoms with Crippen LogP contribution in [0.3, 0.4) is 0 Å². The molecular formula is C27H16N2. The molecule has 0 radical (unpaired) electrons. The summed E-state index contributed by atoms with van der Waals surface area (Å²) in [6, 6.07) is 30.6. The first-order valence-corrected chi connectivity index (χ1v) is 9.90. The molecule has 0 bridgehead atoms. The van der Waals surface area contributed by atoms with Crippen molar-refractivity contribution in [2.75, 3.05) is 0 Å². The molecule has 0 unspecified atom stereocenters. The van der Waals surface area contributed by atoms with E-state index in [1.54, 1.807) is 0 Å². The smallest absolute Gasteiger partial charge is 0.145 e. The first-order chi connectivity index (χ1) is 14.4. The normalized spacial score (nSPS) is 12.1. The molecule has 7 aromatic rings. The van der Waals surface area contributed by atoms with Crippen molar-refractivity contribution in [3.05, 3.63) is 97.3 Å². The van der Waals surface area contributed by atoms with Crippen LogP contribution in [0.15, 0.2) is 97.3 Å². The summed E-state index contributed by atoms with van der Waals surface area (Å²) in [5.41, 5.74) is 2.24. The first-order valence-electron chi connectivity index (χ1n) is 9.90. The van der Waals surface area contributed by atoms with Crippen LogP contribution in [0.25, 0.3) is 59.6 Å². The van der Waals surface area contributed by atoms with Crippen LogP contribution in [-0.2, 0) is 0 Å². The molecule has 134 valence electrons. The lowest BCUT2D eigenvalue weighted by Gasteiger charge is -2.11. The highest BCUT2D eigenvalue weighted by atomic mass is 15.0. The molecule has 2 heteroatoms. The SMILES string of the molecule is c1ccc2c(c1)ccc1cc3c4cccnc4n4cc5ccccc5c4c3cc12. The van der Waals surface area contributed by atoms with E-state index >= 15 is 0 Å². The third-order valence-electron chi connectivity index (χ3n) is 6.17. The van der Waals surface area contributed by atoms with E-state index < -0.39 is 0 Å². The van der Waals surface area contributed by atoms with Gasteiger partial charge in [0.25, 0.3) is 0 Å². The van der Waals surface area contributed by atoms with Crippen molar-refractivity contribution in [3.63, 3.8) is 0 Å². The molecule has 0 amide bonds. The van der Waals surface area contributed by atoms with Gasteiger partial charge in [0.05, 0.1) is 5.52 Å². The molecule has 29 heavy (non-hydrogen) atoms. The lowest BCUT2D eigenvalue weighted by molar-refractivity contribution is 1.21. The van der Waals surface area contributed by atoms with Crippen LogP contribution < -0.4 is 0 Å². The molecule has 0 fully saturated rings. The van der Waals surface area contributed by atoms with Crippen molar-refractivity contribution in [2.45, 2.75) is 0 Å². The summed E-state index contributed by atoms with van der Waals surface area (Å²) in [5, 5.41) is 11.4. The van der Waals surface area contributed by atoms with E-state index in [-0.39, 0.29) is 0 Å². The molecule has 3 heterocycles. The maximum Gasteiger partial charge on any atom is 0.145 e. The van der Waals surface area contributed by atoms with Gasteiger partial charge in [0.1, 0.15) is 5.65 Å². The van der Waals surface area contributed by atoms with Crippen LogP contribution in [0, 0.1) is 0 Å². The zero-order valence-corrected chi connectivity index (χ0v) is 15.6. The lowest BCUT2D eigenvalue weighted by Crippen LogP contribution is -1.92. The Hall–Kier alpha value is -3.91. The maximum absolute atomic E-state index is 4.75. The Kier molecular flexibility index (Phi) is 2.77. The predicted octanol–water partition coefficient (Wildman–Crippen LogP) is 7.10. The minimum Gasteiger partial charge on any atom is -0.299 e. The van der Waals surface area contributed by atoms with Crippen LogP contribution >= 0.6 is 0 Å². The van der Waals surface area contributed by atoms with E-state index in [1.165, 1.54) is 54.0 Å². The van der Waals surface area contributed by atoms with Crippen molar-refractivity contribution >= 4 is 59.6 Å². The maximum atomic E-state index is 4.75. The van der Waals surface area contributed by atoms with Gasteiger partial charge in [-0.3, -0.25) is 4.40 Å². The number of hydrogen-bond acceptors (Lipinski definition) is 1. The highest BCUT2D eigenvalue weighted by Crippen LogP contribution is 2.38. The Labute approximate surface area is 166 Å². The quantitative estimate of drug-likeness (QED) is 0.206. The van der Waals surface area contributed by atoms with Crippen molar-refractivity contribution in [3.8, 4) is 0 Å².